The fraction of sp³-hybridized carbons (Fsp3) is 0.136. The number of hydrogen-bond donors (Lipinski definition) is 2. The average molecular weight is 446 g/mol. The lowest BCUT2D eigenvalue weighted by molar-refractivity contribution is -0.139. The topological polar surface area (TPSA) is 92.7 Å². The number of carbonyl (C=O) groups is 1. The number of sulfonamides is 1. The van der Waals surface area contributed by atoms with Crippen molar-refractivity contribution in [1.29, 1.82) is 0 Å². The summed E-state index contributed by atoms with van der Waals surface area (Å²) in [5, 5.41) is 12.2. The predicted octanol–water partition coefficient (Wildman–Crippen LogP) is 4.09. The Morgan fingerprint density at radius 2 is 1.73 bits per heavy atom. The molecule has 0 aliphatic rings. The third-order valence-corrected chi connectivity index (χ3v) is 5.68. The number of carboxylic acids is 1. The normalized spacial score (nSPS) is 11.8. The standard InChI is InChI=1S/C22H20ClNO5S/c23-18-9-7-16(8-10-18)12-14-30(27,28)24-13-11-17-3-1-5-20-19(17)4-2-6-21(20)29-15-22(25)26/h1-10,12,14,24H,11,13,15H2,(H,25,26)/b14-12+. The molecular formula is C22H20ClNO5S. The van der Waals surface area contributed by atoms with Gasteiger partial charge in [-0.15, -0.1) is 0 Å². The van der Waals surface area contributed by atoms with Crippen LogP contribution in [0.25, 0.3) is 16.8 Å². The molecule has 8 heteroatoms. The molecule has 0 aliphatic carbocycles. The summed E-state index contributed by atoms with van der Waals surface area (Å²) >= 11 is 5.82. The van der Waals surface area contributed by atoms with E-state index in [1.165, 1.54) is 6.08 Å². The molecule has 3 aromatic carbocycles. The highest BCUT2D eigenvalue weighted by atomic mass is 35.5. The van der Waals surface area contributed by atoms with Gasteiger partial charge in [0.05, 0.1) is 0 Å². The Balaban J connectivity index is 1.67. The molecule has 30 heavy (non-hydrogen) atoms. The second kappa shape index (κ2) is 9.75. The molecule has 0 spiro atoms. The number of ether oxygens (including phenoxy) is 1. The number of hydrogen-bond acceptors (Lipinski definition) is 4. The summed E-state index contributed by atoms with van der Waals surface area (Å²) < 4.78 is 32.4. The molecule has 2 N–H and O–H groups in total. The van der Waals surface area contributed by atoms with Gasteiger partial charge in [0.15, 0.2) is 6.61 Å². The first-order valence-corrected chi connectivity index (χ1v) is 11.0. The van der Waals surface area contributed by atoms with Crippen molar-refractivity contribution in [3.8, 4) is 5.75 Å². The molecule has 0 atom stereocenters. The average Bonchev–Trinajstić information content (AvgIpc) is 2.72. The van der Waals surface area contributed by atoms with Crippen molar-refractivity contribution in [2.75, 3.05) is 13.2 Å². The van der Waals surface area contributed by atoms with E-state index in [1.807, 2.05) is 24.3 Å². The lowest BCUT2D eigenvalue weighted by Gasteiger charge is -2.11. The Morgan fingerprint density at radius 1 is 1.03 bits per heavy atom. The van der Waals surface area contributed by atoms with Gasteiger partial charge in [-0.1, -0.05) is 54.1 Å². The maximum atomic E-state index is 12.2. The molecule has 0 unspecified atom stereocenters. The zero-order valence-electron chi connectivity index (χ0n) is 15.9. The highest BCUT2D eigenvalue weighted by Crippen LogP contribution is 2.28. The van der Waals surface area contributed by atoms with Crippen LogP contribution in [0.1, 0.15) is 11.1 Å². The Bertz CT molecular complexity index is 1170. The third kappa shape index (κ3) is 6.06. The van der Waals surface area contributed by atoms with Crippen LogP contribution in [-0.4, -0.2) is 32.6 Å². The monoisotopic (exact) mass is 445 g/mol. The van der Waals surface area contributed by atoms with E-state index in [2.05, 4.69) is 4.72 Å². The van der Waals surface area contributed by atoms with Crippen LogP contribution < -0.4 is 9.46 Å². The maximum Gasteiger partial charge on any atom is 0.341 e. The molecule has 0 fully saturated rings. The number of aliphatic carboxylic acids is 1. The molecule has 0 aliphatic heterocycles. The van der Waals surface area contributed by atoms with Crippen LogP contribution in [0.4, 0.5) is 0 Å². The van der Waals surface area contributed by atoms with E-state index in [9.17, 15) is 13.2 Å². The van der Waals surface area contributed by atoms with Gasteiger partial charge in [-0.05, 0) is 47.2 Å². The van der Waals surface area contributed by atoms with E-state index in [-0.39, 0.29) is 6.54 Å². The molecule has 3 aromatic rings. The first-order valence-electron chi connectivity index (χ1n) is 9.12. The Morgan fingerprint density at radius 3 is 2.47 bits per heavy atom. The number of fused-ring (bicyclic) bond motifs is 1. The zero-order chi connectivity index (χ0) is 21.6. The second-order valence-corrected chi connectivity index (χ2v) is 8.58. The van der Waals surface area contributed by atoms with E-state index in [1.54, 1.807) is 36.4 Å². The molecular weight excluding hydrogens is 426 g/mol. The van der Waals surface area contributed by atoms with Crippen LogP contribution in [0.3, 0.4) is 0 Å². The fourth-order valence-electron chi connectivity index (χ4n) is 2.95. The molecule has 0 bridgehead atoms. The van der Waals surface area contributed by atoms with Gasteiger partial charge in [-0.25, -0.2) is 17.9 Å². The first kappa shape index (κ1) is 21.8. The minimum atomic E-state index is -3.59. The van der Waals surface area contributed by atoms with E-state index in [0.717, 1.165) is 27.3 Å². The maximum absolute atomic E-state index is 12.2. The Hall–Kier alpha value is -2.87. The number of benzene rings is 3. The molecule has 0 heterocycles. The molecule has 6 nitrogen and oxygen atoms in total. The lowest BCUT2D eigenvalue weighted by atomic mass is 10.0. The van der Waals surface area contributed by atoms with Gasteiger partial charge in [0.2, 0.25) is 10.0 Å². The van der Waals surface area contributed by atoms with Crippen molar-refractivity contribution in [1.82, 2.24) is 4.72 Å². The molecule has 3 rings (SSSR count). The van der Waals surface area contributed by atoms with Crippen molar-refractivity contribution in [3.63, 3.8) is 0 Å². The molecule has 0 amide bonds. The predicted molar refractivity (Wildman–Crippen MR) is 118 cm³/mol. The van der Waals surface area contributed by atoms with Gasteiger partial charge in [-0.2, -0.15) is 0 Å². The fourth-order valence-corrected chi connectivity index (χ4v) is 3.89. The highest BCUT2D eigenvalue weighted by Gasteiger charge is 2.09. The van der Waals surface area contributed by atoms with E-state index in [4.69, 9.17) is 21.4 Å². The van der Waals surface area contributed by atoms with Crippen LogP contribution in [-0.2, 0) is 21.2 Å². The summed E-state index contributed by atoms with van der Waals surface area (Å²) in [4.78, 5) is 10.8. The van der Waals surface area contributed by atoms with Gasteiger partial charge >= 0.3 is 5.97 Å². The Labute approximate surface area is 179 Å². The summed E-state index contributed by atoms with van der Waals surface area (Å²) in [6.45, 7) is -0.213. The summed E-state index contributed by atoms with van der Waals surface area (Å²) in [5.74, 6) is -0.576. The number of carboxylic acid groups (broad SMARTS) is 1. The van der Waals surface area contributed by atoms with Crippen molar-refractivity contribution in [2.24, 2.45) is 0 Å². The van der Waals surface area contributed by atoms with Crippen LogP contribution >= 0.6 is 11.6 Å². The lowest BCUT2D eigenvalue weighted by Crippen LogP contribution is -2.23. The molecule has 0 aromatic heterocycles. The Kier molecular flexibility index (Phi) is 7.10. The SMILES string of the molecule is O=C(O)COc1cccc2c(CCNS(=O)(=O)/C=C/c3ccc(Cl)cc3)cccc12. The van der Waals surface area contributed by atoms with E-state index >= 15 is 0 Å². The summed E-state index contributed by atoms with van der Waals surface area (Å²) in [6.07, 6.45) is 1.97. The summed E-state index contributed by atoms with van der Waals surface area (Å²) in [6, 6.07) is 17.8. The number of nitrogens with one attached hydrogen (secondary N) is 1. The third-order valence-electron chi connectivity index (χ3n) is 4.33. The molecule has 0 saturated carbocycles. The quantitative estimate of drug-likeness (QED) is 0.517. The highest BCUT2D eigenvalue weighted by molar-refractivity contribution is 7.92. The largest absolute Gasteiger partial charge is 0.481 e. The van der Waals surface area contributed by atoms with Gasteiger partial charge in [0.1, 0.15) is 5.75 Å². The van der Waals surface area contributed by atoms with Crippen molar-refractivity contribution in [2.45, 2.75) is 6.42 Å². The van der Waals surface area contributed by atoms with Crippen LogP contribution in [0, 0.1) is 0 Å². The van der Waals surface area contributed by atoms with Gasteiger partial charge in [-0.3, -0.25) is 0 Å². The van der Waals surface area contributed by atoms with Crippen LogP contribution in [0.5, 0.6) is 5.75 Å². The smallest absolute Gasteiger partial charge is 0.341 e. The van der Waals surface area contributed by atoms with Crippen molar-refractivity contribution < 1.29 is 23.1 Å². The van der Waals surface area contributed by atoms with E-state index in [0.29, 0.717) is 17.2 Å². The number of rotatable bonds is 9. The van der Waals surface area contributed by atoms with Gasteiger partial charge in [0.25, 0.3) is 0 Å². The molecule has 156 valence electrons. The second-order valence-electron chi connectivity index (χ2n) is 6.49. The first-order chi connectivity index (χ1) is 14.3. The zero-order valence-corrected chi connectivity index (χ0v) is 17.5. The summed E-state index contributed by atoms with van der Waals surface area (Å²) in [5.41, 5.74) is 1.66. The van der Waals surface area contributed by atoms with Crippen LogP contribution in [0.2, 0.25) is 5.02 Å². The van der Waals surface area contributed by atoms with Gasteiger partial charge in [0, 0.05) is 22.4 Å². The van der Waals surface area contributed by atoms with Crippen molar-refractivity contribution in [3.05, 3.63) is 82.2 Å². The molecule has 0 radical (unpaired) electrons. The van der Waals surface area contributed by atoms with Crippen LogP contribution in [0.15, 0.2) is 66.1 Å². The molecule has 0 saturated heterocycles. The summed E-state index contributed by atoms with van der Waals surface area (Å²) in [7, 11) is -3.59. The minimum absolute atomic E-state index is 0.215. The minimum Gasteiger partial charge on any atom is -0.481 e. The van der Waals surface area contributed by atoms with E-state index < -0.39 is 22.6 Å². The van der Waals surface area contributed by atoms with Crippen molar-refractivity contribution >= 4 is 44.4 Å². The van der Waals surface area contributed by atoms with Gasteiger partial charge < -0.3 is 9.84 Å². The number of halogens is 1.